The average molecular weight is 578 g/mol. The fourth-order valence-corrected chi connectivity index (χ4v) is 8.76. The first kappa shape index (κ1) is 26.3. The molecule has 4 aliphatic rings. The molecule has 2 fully saturated rings. The summed E-state index contributed by atoms with van der Waals surface area (Å²) in [6.07, 6.45) is 1.67. The van der Waals surface area contributed by atoms with Gasteiger partial charge in [0.25, 0.3) is 5.91 Å². The lowest BCUT2D eigenvalue weighted by Crippen LogP contribution is -2.40. The van der Waals surface area contributed by atoms with Gasteiger partial charge < -0.3 is 25.1 Å². The smallest absolute Gasteiger partial charge is 0.336 e. The summed E-state index contributed by atoms with van der Waals surface area (Å²) in [5.74, 6) is -2.70. The molecule has 0 radical (unpaired) electrons. The number of nitrogens with one attached hydrogen (secondary N) is 1. The standard InChI is InChI=1S/C29H23NO8S2/c31-15-3-7-18-22(11-15)38-23-12-16(32)4-8-19(23)25(18)21-9-13(1-5-17(21)28(34)35)27(33)30-14-2-6-20(29(36)37)26-24(10-14)39-40-26/h1,3-5,7-9,11-12,14,20,24,26,31H,2,6,10H2,(H,30,33)(H,34,35)(H,36,37). The van der Waals surface area contributed by atoms with Gasteiger partial charge in [0.2, 0.25) is 0 Å². The number of hydrogen-bond donors (Lipinski definition) is 4. The normalized spacial score (nSPS) is 22.2. The molecular formula is C29H23NO8S2. The van der Waals surface area contributed by atoms with Crippen LogP contribution in [0.3, 0.4) is 0 Å². The first-order chi connectivity index (χ1) is 19.2. The number of rotatable bonds is 5. The number of carboxylic acids is 2. The Balaban J connectivity index is 1.42. The predicted molar refractivity (Wildman–Crippen MR) is 152 cm³/mol. The third-order valence-electron chi connectivity index (χ3n) is 7.51. The van der Waals surface area contributed by atoms with Gasteiger partial charge in [0.1, 0.15) is 17.1 Å². The number of hydrogen-bond acceptors (Lipinski definition) is 8. The fourth-order valence-electron chi connectivity index (χ4n) is 5.53. The zero-order valence-corrected chi connectivity index (χ0v) is 22.5. The van der Waals surface area contributed by atoms with E-state index in [1.807, 2.05) is 0 Å². The summed E-state index contributed by atoms with van der Waals surface area (Å²) in [5, 5.41) is 33.4. The van der Waals surface area contributed by atoms with Gasteiger partial charge in [0.15, 0.2) is 5.43 Å². The Kier molecular flexibility index (Phi) is 6.71. The lowest BCUT2D eigenvalue weighted by atomic mass is 9.89. The van der Waals surface area contributed by atoms with Gasteiger partial charge in [-0.05, 0) is 67.3 Å². The summed E-state index contributed by atoms with van der Waals surface area (Å²) < 4.78 is 5.88. The third kappa shape index (κ3) is 4.69. The maximum atomic E-state index is 13.4. The lowest BCUT2D eigenvalue weighted by molar-refractivity contribution is -0.141. The van der Waals surface area contributed by atoms with E-state index in [0.717, 1.165) is 0 Å². The van der Waals surface area contributed by atoms with Gasteiger partial charge in [-0.1, -0.05) is 21.6 Å². The van der Waals surface area contributed by atoms with Gasteiger partial charge >= 0.3 is 11.9 Å². The van der Waals surface area contributed by atoms with Gasteiger partial charge in [-0.3, -0.25) is 14.4 Å². The number of aliphatic carboxylic acids is 1. The van der Waals surface area contributed by atoms with Crippen molar-refractivity contribution in [2.75, 3.05) is 0 Å². The Labute approximate surface area is 235 Å². The van der Waals surface area contributed by atoms with Crippen LogP contribution in [0.4, 0.5) is 0 Å². The molecule has 11 heteroatoms. The molecule has 0 spiro atoms. The average Bonchev–Trinajstić information content (AvgIpc) is 3.02. The molecule has 4 N–H and O–H groups in total. The largest absolute Gasteiger partial charge is 0.508 e. The molecule has 4 atom stereocenters. The van der Waals surface area contributed by atoms with Crippen LogP contribution < -0.4 is 10.7 Å². The third-order valence-corrected chi connectivity index (χ3v) is 11.1. The van der Waals surface area contributed by atoms with Crippen molar-refractivity contribution < 1.29 is 34.1 Å². The Bertz CT molecular complexity index is 1720. The van der Waals surface area contributed by atoms with E-state index in [1.54, 1.807) is 33.7 Å². The number of aromatic carboxylic acids is 1. The molecule has 40 heavy (non-hydrogen) atoms. The van der Waals surface area contributed by atoms with E-state index < -0.39 is 17.9 Å². The Morgan fingerprint density at radius 1 is 0.925 bits per heavy atom. The van der Waals surface area contributed by atoms with Crippen LogP contribution in [0.25, 0.3) is 33.4 Å². The second kappa shape index (κ2) is 10.2. The van der Waals surface area contributed by atoms with Crippen LogP contribution in [0.2, 0.25) is 0 Å². The maximum Gasteiger partial charge on any atom is 0.336 e. The molecule has 2 heterocycles. The number of benzene rings is 3. The van der Waals surface area contributed by atoms with Crippen LogP contribution in [0, 0.1) is 5.92 Å². The summed E-state index contributed by atoms with van der Waals surface area (Å²) >= 11 is 0. The fraction of sp³-hybridized carbons (Fsp3) is 0.241. The minimum absolute atomic E-state index is 0.0324. The summed E-state index contributed by atoms with van der Waals surface area (Å²) in [6.45, 7) is 0. The molecule has 4 unspecified atom stereocenters. The highest BCUT2D eigenvalue weighted by atomic mass is 33.1. The molecule has 2 aromatic rings. The van der Waals surface area contributed by atoms with Crippen LogP contribution in [0.5, 0.6) is 5.75 Å². The molecule has 0 aromatic heterocycles. The molecule has 1 amide bonds. The molecule has 9 nitrogen and oxygen atoms in total. The van der Waals surface area contributed by atoms with E-state index in [2.05, 4.69) is 5.32 Å². The number of carbonyl (C=O) groups excluding carboxylic acids is 1. The van der Waals surface area contributed by atoms with Gasteiger partial charge in [0.05, 0.1) is 11.5 Å². The zero-order valence-electron chi connectivity index (χ0n) is 20.8. The number of fused-ring (bicyclic) bond motifs is 3. The second-order valence-electron chi connectivity index (χ2n) is 10.0. The number of carbonyl (C=O) groups is 3. The first-order valence-corrected chi connectivity index (χ1v) is 14.9. The SMILES string of the molecule is O=C(NC1CCC(C(=O)O)C2SSC2C1)c1ccc(C(=O)O)c(-c2c3ccc(=O)cc-3oc3cc(O)ccc23)c1. The number of aromatic hydroxyl groups is 1. The molecule has 1 saturated heterocycles. The van der Waals surface area contributed by atoms with Gasteiger partial charge in [0, 0.05) is 50.8 Å². The van der Waals surface area contributed by atoms with Gasteiger partial charge in [-0.2, -0.15) is 0 Å². The first-order valence-electron chi connectivity index (χ1n) is 12.6. The highest BCUT2D eigenvalue weighted by molar-refractivity contribution is 8.80. The van der Waals surface area contributed by atoms with Crippen molar-refractivity contribution in [1.82, 2.24) is 5.32 Å². The van der Waals surface area contributed by atoms with Crippen molar-refractivity contribution in [1.29, 1.82) is 0 Å². The van der Waals surface area contributed by atoms with E-state index in [9.17, 15) is 34.5 Å². The van der Waals surface area contributed by atoms with Crippen molar-refractivity contribution in [2.45, 2.75) is 35.8 Å². The molecule has 2 aromatic carbocycles. The molecule has 6 rings (SSSR count). The van der Waals surface area contributed by atoms with Gasteiger partial charge in [-0.15, -0.1) is 0 Å². The minimum atomic E-state index is -1.20. The zero-order chi connectivity index (χ0) is 28.1. The molecular weight excluding hydrogens is 554 g/mol. The van der Waals surface area contributed by atoms with Crippen molar-refractivity contribution in [3.8, 4) is 28.2 Å². The number of carboxylic acid groups (broad SMARTS) is 2. The summed E-state index contributed by atoms with van der Waals surface area (Å²) in [5.41, 5.74) is 1.33. The number of phenols is 1. The Morgan fingerprint density at radius 2 is 1.75 bits per heavy atom. The van der Waals surface area contributed by atoms with Crippen molar-refractivity contribution >= 4 is 50.4 Å². The minimum Gasteiger partial charge on any atom is -0.508 e. The predicted octanol–water partition coefficient (Wildman–Crippen LogP) is 5.08. The van der Waals surface area contributed by atoms with Crippen LogP contribution in [0.15, 0.2) is 63.8 Å². The molecule has 204 valence electrons. The Hall–Kier alpha value is -3.96. The topological polar surface area (TPSA) is 154 Å². The molecule has 2 aliphatic heterocycles. The highest BCUT2D eigenvalue weighted by Gasteiger charge is 2.45. The summed E-state index contributed by atoms with van der Waals surface area (Å²) in [4.78, 5) is 49.6. The van der Waals surface area contributed by atoms with Crippen LogP contribution in [-0.2, 0) is 4.79 Å². The van der Waals surface area contributed by atoms with E-state index >= 15 is 0 Å². The van der Waals surface area contributed by atoms with Crippen molar-refractivity contribution in [2.24, 2.45) is 5.92 Å². The Morgan fingerprint density at radius 3 is 2.48 bits per heavy atom. The second-order valence-corrected chi connectivity index (χ2v) is 12.7. The van der Waals surface area contributed by atoms with Crippen LogP contribution in [-0.4, -0.2) is 49.7 Å². The summed E-state index contributed by atoms with van der Waals surface area (Å²) in [6, 6.07) is 12.8. The van der Waals surface area contributed by atoms with Crippen molar-refractivity contribution in [3.05, 3.63) is 75.9 Å². The monoisotopic (exact) mass is 577 g/mol. The maximum absolute atomic E-state index is 13.4. The van der Waals surface area contributed by atoms with Gasteiger partial charge in [-0.25, -0.2) is 4.79 Å². The van der Waals surface area contributed by atoms with Crippen molar-refractivity contribution in [3.63, 3.8) is 0 Å². The van der Waals surface area contributed by atoms with Crippen LogP contribution in [0.1, 0.15) is 40.0 Å². The summed E-state index contributed by atoms with van der Waals surface area (Å²) in [7, 11) is 3.24. The van der Waals surface area contributed by atoms with E-state index in [-0.39, 0.29) is 61.7 Å². The molecule has 2 aliphatic carbocycles. The number of phenolic OH excluding ortho intramolecular Hbond substituents is 1. The van der Waals surface area contributed by atoms with E-state index in [4.69, 9.17) is 4.42 Å². The number of amides is 1. The highest BCUT2D eigenvalue weighted by Crippen LogP contribution is 2.55. The molecule has 1 saturated carbocycles. The quantitative estimate of drug-likeness (QED) is 0.186. The lowest BCUT2D eigenvalue weighted by Gasteiger charge is -2.37. The van der Waals surface area contributed by atoms with E-state index in [1.165, 1.54) is 42.5 Å². The molecule has 0 bridgehead atoms. The van der Waals surface area contributed by atoms with Crippen LogP contribution >= 0.6 is 21.6 Å². The van der Waals surface area contributed by atoms with E-state index in [0.29, 0.717) is 35.8 Å².